The van der Waals surface area contributed by atoms with Crippen LogP contribution < -0.4 is 5.32 Å². The first-order valence-corrected chi connectivity index (χ1v) is 6.43. The second kappa shape index (κ2) is 5.67. The lowest BCUT2D eigenvalue weighted by atomic mass is 10.0. The Morgan fingerprint density at radius 1 is 1.50 bits per heavy atom. The summed E-state index contributed by atoms with van der Waals surface area (Å²) in [7, 11) is 0. The van der Waals surface area contributed by atoms with Crippen LogP contribution in [-0.4, -0.2) is 60.3 Å². The molecule has 0 radical (unpaired) electrons. The summed E-state index contributed by atoms with van der Waals surface area (Å²) in [4.78, 5) is 24.8. The molecule has 2 N–H and O–H groups in total. The second-order valence-electron chi connectivity index (χ2n) is 4.99. The first-order chi connectivity index (χ1) is 8.59. The van der Waals surface area contributed by atoms with Crippen molar-refractivity contribution in [2.45, 2.75) is 31.8 Å². The first-order valence-electron chi connectivity index (χ1n) is 6.43. The third kappa shape index (κ3) is 2.81. The van der Waals surface area contributed by atoms with Crippen molar-refractivity contribution in [3.63, 3.8) is 0 Å². The highest BCUT2D eigenvalue weighted by Crippen LogP contribution is 2.25. The Morgan fingerprint density at radius 2 is 2.28 bits per heavy atom. The minimum atomic E-state index is -0.808. The van der Waals surface area contributed by atoms with Crippen molar-refractivity contribution < 1.29 is 19.4 Å². The van der Waals surface area contributed by atoms with Gasteiger partial charge in [-0.3, -0.25) is 9.59 Å². The van der Waals surface area contributed by atoms with Crippen LogP contribution in [0.1, 0.15) is 19.8 Å². The number of nitrogens with zero attached hydrogens (tertiary/aromatic N) is 1. The molecule has 0 bridgehead atoms. The van der Waals surface area contributed by atoms with E-state index >= 15 is 0 Å². The highest BCUT2D eigenvalue weighted by Gasteiger charge is 2.38. The fraction of sp³-hybridized carbons (Fsp3) is 0.833. The molecule has 2 heterocycles. The average Bonchev–Trinajstić information content (AvgIpc) is 2.72. The maximum atomic E-state index is 12.1. The first kappa shape index (κ1) is 13.3. The number of carbonyl (C=O) groups excluding carboxylic acids is 1. The van der Waals surface area contributed by atoms with Gasteiger partial charge in [0.15, 0.2) is 0 Å². The number of hydrogen-bond donors (Lipinski definition) is 2. The minimum absolute atomic E-state index is 0.0225. The molecule has 0 aromatic carbocycles. The van der Waals surface area contributed by atoms with Crippen LogP contribution in [0.4, 0.5) is 0 Å². The van der Waals surface area contributed by atoms with Gasteiger partial charge in [-0.1, -0.05) is 0 Å². The molecule has 0 spiro atoms. The fourth-order valence-electron chi connectivity index (χ4n) is 2.70. The van der Waals surface area contributed by atoms with Gasteiger partial charge in [-0.15, -0.1) is 0 Å². The standard InChI is InChI=1S/C12H20N2O4/c1-8-10(12(16)17)2-4-14(8)11(15)6-9-7-18-5-3-13-9/h8-10,13H,2-7H2,1H3,(H,16,17). The highest BCUT2D eigenvalue weighted by molar-refractivity contribution is 5.80. The number of nitrogens with one attached hydrogen (secondary N) is 1. The smallest absolute Gasteiger partial charge is 0.308 e. The summed E-state index contributed by atoms with van der Waals surface area (Å²) in [5, 5.41) is 12.3. The normalized spacial score (nSPS) is 32.5. The summed E-state index contributed by atoms with van der Waals surface area (Å²) in [6, 6.07) is -0.151. The predicted molar refractivity (Wildman–Crippen MR) is 64.1 cm³/mol. The zero-order valence-corrected chi connectivity index (χ0v) is 10.6. The van der Waals surface area contributed by atoms with Gasteiger partial charge >= 0.3 is 5.97 Å². The summed E-state index contributed by atoms with van der Waals surface area (Å²) in [5.41, 5.74) is 0. The van der Waals surface area contributed by atoms with Crippen LogP contribution in [0.25, 0.3) is 0 Å². The Bertz CT molecular complexity index is 328. The minimum Gasteiger partial charge on any atom is -0.481 e. The number of amides is 1. The Balaban J connectivity index is 1.87. The SMILES string of the molecule is CC1C(C(=O)O)CCN1C(=O)CC1COCCN1. The molecule has 2 fully saturated rings. The van der Waals surface area contributed by atoms with Gasteiger partial charge in [0.1, 0.15) is 0 Å². The van der Waals surface area contributed by atoms with E-state index in [0.29, 0.717) is 32.6 Å². The molecular weight excluding hydrogens is 236 g/mol. The Morgan fingerprint density at radius 3 is 2.83 bits per heavy atom. The third-order valence-electron chi connectivity index (χ3n) is 3.81. The van der Waals surface area contributed by atoms with Crippen molar-refractivity contribution in [2.75, 3.05) is 26.3 Å². The highest BCUT2D eigenvalue weighted by atomic mass is 16.5. The van der Waals surface area contributed by atoms with Gasteiger partial charge in [-0.2, -0.15) is 0 Å². The van der Waals surface area contributed by atoms with E-state index in [1.807, 2.05) is 6.92 Å². The van der Waals surface area contributed by atoms with E-state index in [1.54, 1.807) is 4.90 Å². The topological polar surface area (TPSA) is 78.9 Å². The van der Waals surface area contributed by atoms with Crippen LogP contribution in [0.15, 0.2) is 0 Å². The van der Waals surface area contributed by atoms with Gasteiger partial charge in [-0.05, 0) is 13.3 Å². The average molecular weight is 256 g/mol. The van der Waals surface area contributed by atoms with Gasteiger partial charge in [0.2, 0.25) is 5.91 Å². The molecule has 6 heteroatoms. The molecule has 0 aliphatic carbocycles. The Hall–Kier alpha value is -1.14. The number of carbonyl (C=O) groups is 2. The molecule has 2 rings (SSSR count). The Kier molecular flexibility index (Phi) is 4.19. The van der Waals surface area contributed by atoms with Crippen molar-refractivity contribution in [1.82, 2.24) is 10.2 Å². The largest absolute Gasteiger partial charge is 0.481 e. The van der Waals surface area contributed by atoms with Gasteiger partial charge in [-0.25, -0.2) is 0 Å². The monoisotopic (exact) mass is 256 g/mol. The lowest BCUT2D eigenvalue weighted by Crippen LogP contribution is -2.46. The van der Waals surface area contributed by atoms with Crippen LogP contribution in [0, 0.1) is 5.92 Å². The molecule has 6 nitrogen and oxygen atoms in total. The molecular formula is C12H20N2O4. The molecule has 0 aromatic heterocycles. The number of morpholine rings is 1. The molecule has 18 heavy (non-hydrogen) atoms. The van der Waals surface area contributed by atoms with E-state index in [-0.39, 0.29) is 18.0 Å². The van der Waals surface area contributed by atoms with E-state index in [2.05, 4.69) is 5.32 Å². The maximum absolute atomic E-state index is 12.1. The number of hydrogen-bond acceptors (Lipinski definition) is 4. The molecule has 2 saturated heterocycles. The van der Waals surface area contributed by atoms with Crippen LogP contribution in [0.2, 0.25) is 0 Å². The third-order valence-corrected chi connectivity index (χ3v) is 3.81. The van der Waals surface area contributed by atoms with Gasteiger partial charge in [0.25, 0.3) is 0 Å². The number of rotatable bonds is 3. The van der Waals surface area contributed by atoms with Gasteiger partial charge in [0.05, 0.1) is 19.1 Å². The molecule has 3 unspecified atom stereocenters. The lowest BCUT2D eigenvalue weighted by molar-refractivity contribution is -0.143. The molecule has 2 aliphatic rings. The number of ether oxygens (including phenoxy) is 1. The van der Waals surface area contributed by atoms with Crippen LogP contribution in [0.5, 0.6) is 0 Å². The maximum Gasteiger partial charge on any atom is 0.308 e. The van der Waals surface area contributed by atoms with Crippen LogP contribution in [-0.2, 0) is 14.3 Å². The molecule has 0 saturated carbocycles. The van der Waals surface area contributed by atoms with E-state index < -0.39 is 11.9 Å². The van der Waals surface area contributed by atoms with E-state index in [0.717, 1.165) is 6.54 Å². The van der Waals surface area contributed by atoms with E-state index in [1.165, 1.54) is 0 Å². The Labute approximate surface area is 106 Å². The van der Waals surface area contributed by atoms with Crippen LogP contribution >= 0.6 is 0 Å². The lowest BCUT2D eigenvalue weighted by Gasteiger charge is -2.28. The molecule has 2 aliphatic heterocycles. The van der Waals surface area contributed by atoms with Gasteiger partial charge < -0.3 is 20.1 Å². The number of carboxylic acids is 1. The zero-order chi connectivity index (χ0) is 13.1. The summed E-state index contributed by atoms with van der Waals surface area (Å²) in [6.45, 7) is 4.37. The summed E-state index contributed by atoms with van der Waals surface area (Å²) in [6.07, 6.45) is 0.938. The van der Waals surface area contributed by atoms with E-state index in [9.17, 15) is 9.59 Å². The molecule has 102 valence electrons. The fourth-order valence-corrected chi connectivity index (χ4v) is 2.70. The molecule has 0 aromatic rings. The van der Waals surface area contributed by atoms with Crippen molar-refractivity contribution in [3.8, 4) is 0 Å². The predicted octanol–water partition coefficient (Wildman–Crippen LogP) is -0.313. The van der Waals surface area contributed by atoms with Gasteiger partial charge in [0, 0.05) is 31.6 Å². The van der Waals surface area contributed by atoms with E-state index in [4.69, 9.17) is 9.84 Å². The number of likely N-dealkylation sites (tertiary alicyclic amines) is 1. The molecule has 1 amide bonds. The second-order valence-corrected chi connectivity index (χ2v) is 4.99. The zero-order valence-electron chi connectivity index (χ0n) is 10.6. The van der Waals surface area contributed by atoms with Crippen molar-refractivity contribution >= 4 is 11.9 Å². The summed E-state index contributed by atoms with van der Waals surface area (Å²) >= 11 is 0. The van der Waals surface area contributed by atoms with Crippen molar-refractivity contribution in [3.05, 3.63) is 0 Å². The molecule has 3 atom stereocenters. The van der Waals surface area contributed by atoms with Crippen molar-refractivity contribution in [2.24, 2.45) is 5.92 Å². The summed E-state index contributed by atoms with van der Waals surface area (Å²) < 4.78 is 5.30. The quantitative estimate of drug-likeness (QED) is 0.724. The van der Waals surface area contributed by atoms with Crippen LogP contribution in [0.3, 0.4) is 0 Å². The number of aliphatic carboxylic acids is 1. The summed E-state index contributed by atoms with van der Waals surface area (Å²) in [5.74, 6) is -1.21. The number of carboxylic acid groups (broad SMARTS) is 1. The van der Waals surface area contributed by atoms with Crippen molar-refractivity contribution in [1.29, 1.82) is 0 Å².